The lowest BCUT2D eigenvalue weighted by molar-refractivity contribution is -0.149. The topological polar surface area (TPSA) is 105 Å². The number of amides is 2. The van der Waals surface area contributed by atoms with Crippen LogP contribution in [-0.2, 0) is 11.3 Å². The fraction of sp³-hybridized carbons (Fsp3) is 0.500. The van der Waals surface area contributed by atoms with Crippen LogP contribution in [0.4, 0.5) is 4.79 Å². The smallest absolute Gasteiger partial charge is 0.317 e. The monoisotopic (exact) mass is 384 g/mol. The molecule has 2 fully saturated rings. The molecule has 2 aliphatic rings. The molecule has 0 bridgehead atoms. The Morgan fingerprint density at radius 2 is 2.18 bits per heavy atom. The molecule has 0 spiro atoms. The highest BCUT2D eigenvalue weighted by molar-refractivity contribution is 5.81. The molecule has 8 nitrogen and oxygen atoms in total. The number of urea groups is 1. The lowest BCUT2D eigenvalue weighted by Gasteiger charge is -2.24. The van der Waals surface area contributed by atoms with Crippen molar-refractivity contribution in [2.45, 2.75) is 38.8 Å². The van der Waals surface area contributed by atoms with Crippen molar-refractivity contribution in [1.29, 1.82) is 0 Å². The van der Waals surface area contributed by atoms with Crippen LogP contribution in [-0.4, -0.2) is 50.9 Å². The number of carbonyl (C=O) groups excluding carboxylic acids is 1. The maximum Gasteiger partial charge on any atom is 0.317 e. The van der Waals surface area contributed by atoms with Crippen LogP contribution in [0.5, 0.6) is 0 Å². The molecular formula is C20H24N4O4. The summed E-state index contributed by atoms with van der Waals surface area (Å²) in [6.45, 7) is 2.78. The minimum absolute atomic E-state index is 0.0239. The lowest BCUT2D eigenvalue weighted by Crippen LogP contribution is -2.46. The highest BCUT2D eigenvalue weighted by Gasteiger charge is 2.55. The highest BCUT2D eigenvalue weighted by atomic mass is 16.4. The molecular weight excluding hydrogens is 360 g/mol. The van der Waals surface area contributed by atoms with Gasteiger partial charge in [-0.1, -0.05) is 24.6 Å². The molecule has 2 amide bonds. The number of carboxylic acid groups (broad SMARTS) is 1. The van der Waals surface area contributed by atoms with Crippen LogP contribution < -0.4 is 10.9 Å². The number of aromatic nitrogens is 2. The number of likely N-dealkylation sites (tertiary alicyclic amines) is 1. The van der Waals surface area contributed by atoms with Crippen molar-refractivity contribution in [3.8, 4) is 0 Å². The fourth-order valence-electron chi connectivity index (χ4n) is 4.66. The first kappa shape index (κ1) is 18.5. The molecule has 28 heavy (non-hydrogen) atoms. The van der Waals surface area contributed by atoms with Gasteiger partial charge in [0.05, 0.1) is 23.5 Å². The summed E-state index contributed by atoms with van der Waals surface area (Å²) in [6.07, 6.45) is 4.02. The number of carbonyl (C=O) groups is 2. The van der Waals surface area contributed by atoms with Gasteiger partial charge in [0.25, 0.3) is 5.56 Å². The minimum atomic E-state index is -0.801. The number of benzene rings is 1. The summed E-state index contributed by atoms with van der Waals surface area (Å²) < 4.78 is 1.35. The van der Waals surface area contributed by atoms with Gasteiger partial charge in [0, 0.05) is 24.5 Å². The van der Waals surface area contributed by atoms with Crippen LogP contribution in [0.25, 0.3) is 10.8 Å². The maximum absolute atomic E-state index is 12.7. The molecule has 2 aromatic rings. The molecule has 1 saturated heterocycles. The van der Waals surface area contributed by atoms with E-state index >= 15 is 0 Å². The molecule has 2 heterocycles. The van der Waals surface area contributed by atoms with Crippen LogP contribution >= 0.6 is 0 Å². The summed E-state index contributed by atoms with van der Waals surface area (Å²) in [5.74, 6) is -0.777. The van der Waals surface area contributed by atoms with Crippen molar-refractivity contribution in [3.63, 3.8) is 0 Å². The molecule has 1 unspecified atom stereocenters. The molecule has 2 N–H and O–H groups in total. The Bertz CT molecular complexity index is 988. The quantitative estimate of drug-likeness (QED) is 0.835. The van der Waals surface area contributed by atoms with Crippen molar-refractivity contribution in [2.75, 3.05) is 13.1 Å². The van der Waals surface area contributed by atoms with E-state index in [2.05, 4.69) is 10.4 Å². The van der Waals surface area contributed by atoms with E-state index in [0.717, 1.165) is 18.2 Å². The third kappa shape index (κ3) is 3.02. The number of rotatable bonds is 4. The van der Waals surface area contributed by atoms with Gasteiger partial charge >= 0.3 is 12.0 Å². The van der Waals surface area contributed by atoms with Crippen LogP contribution in [0.15, 0.2) is 35.3 Å². The summed E-state index contributed by atoms with van der Waals surface area (Å²) in [6, 6.07) is 6.65. The van der Waals surface area contributed by atoms with E-state index in [9.17, 15) is 19.5 Å². The van der Waals surface area contributed by atoms with Gasteiger partial charge in [-0.2, -0.15) is 5.10 Å². The van der Waals surface area contributed by atoms with E-state index in [1.165, 1.54) is 4.68 Å². The van der Waals surface area contributed by atoms with Crippen molar-refractivity contribution in [3.05, 3.63) is 40.8 Å². The zero-order valence-electron chi connectivity index (χ0n) is 15.8. The summed E-state index contributed by atoms with van der Waals surface area (Å²) in [5.41, 5.74) is -0.989. The predicted octanol–water partition coefficient (Wildman–Crippen LogP) is 1.68. The molecule has 1 aromatic carbocycles. The number of hydrogen-bond acceptors (Lipinski definition) is 4. The standard InChI is InChI=1S/C20H24N4O4/c1-13(10-24-17(25)16-7-3-2-5-14(16)9-21-24)22-19(28)23-11-15-6-4-8-20(15,12-23)18(26)27/h2-3,5,7,9,13,15H,4,6,8,10-12H2,1H3,(H,22,28)(H,26,27)/t13?,15-,20+/m0/s1. The summed E-state index contributed by atoms with van der Waals surface area (Å²) in [7, 11) is 0. The van der Waals surface area contributed by atoms with E-state index in [0.29, 0.717) is 18.4 Å². The SMILES string of the molecule is CC(Cn1ncc2ccccc2c1=O)NC(=O)N1C[C@@H]2CCC[C@@]2(C(=O)O)C1. The second kappa shape index (κ2) is 6.92. The first-order chi connectivity index (χ1) is 13.4. The fourth-order valence-corrected chi connectivity index (χ4v) is 4.66. The molecule has 148 valence electrons. The Hall–Kier alpha value is -2.90. The first-order valence-electron chi connectivity index (χ1n) is 9.64. The zero-order valence-corrected chi connectivity index (χ0v) is 15.8. The third-order valence-corrected chi connectivity index (χ3v) is 6.16. The van der Waals surface area contributed by atoms with Gasteiger partial charge in [-0.15, -0.1) is 0 Å². The van der Waals surface area contributed by atoms with Crippen molar-refractivity contribution < 1.29 is 14.7 Å². The largest absolute Gasteiger partial charge is 0.481 e. The van der Waals surface area contributed by atoms with E-state index in [1.54, 1.807) is 17.2 Å². The average Bonchev–Trinajstić information content (AvgIpc) is 3.23. The molecule has 4 rings (SSSR count). The van der Waals surface area contributed by atoms with Crippen molar-refractivity contribution in [2.24, 2.45) is 11.3 Å². The van der Waals surface area contributed by atoms with Crippen LogP contribution in [0.3, 0.4) is 0 Å². The van der Waals surface area contributed by atoms with Crippen LogP contribution in [0, 0.1) is 11.3 Å². The van der Waals surface area contributed by atoms with Crippen molar-refractivity contribution in [1.82, 2.24) is 20.0 Å². The Balaban J connectivity index is 1.43. The van der Waals surface area contributed by atoms with Gasteiger partial charge in [0.2, 0.25) is 0 Å². The number of aliphatic carboxylic acids is 1. The van der Waals surface area contributed by atoms with Crippen molar-refractivity contribution >= 4 is 22.8 Å². The Morgan fingerprint density at radius 1 is 1.39 bits per heavy atom. The molecule has 3 atom stereocenters. The molecule has 1 aliphatic heterocycles. The third-order valence-electron chi connectivity index (χ3n) is 6.16. The van der Waals surface area contributed by atoms with Gasteiger partial charge in [-0.3, -0.25) is 9.59 Å². The zero-order chi connectivity index (χ0) is 19.9. The predicted molar refractivity (Wildman–Crippen MR) is 103 cm³/mol. The second-order valence-corrected chi connectivity index (χ2v) is 8.00. The van der Waals surface area contributed by atoms with Gasteiger partial charge in [0.15, 0.2) is 0 Å². The Labute approximate surface area is 162 Å². The van der Waals surface area contributed by atoms with E-state index in [1.807, 2.05) is 25.1 Å². The number of hydrogen-bond donors (Lipinski definition) is 2. The summed E-state index contributed by atoms with van der Waals surface area (Å²) in [4.78, 5) is 38.6. The van der Waals surface area contributed by atoms with E-state index in [-0.39, 0.29) is 36.6 Å². The van der Waals surface area contributed by atoms with Crippen LogP contribution in [0.1, 0.15) is 26.2 Å². The number of nitrogens with zero attached hydrogens (tertiary/aromatic N) is 3. The molecule has 1 saturated carbocycles. The van der Waals surface area contributed by atoms with E-state index < -0.39 is 11.4 Å². The average molecular weight is 384 g/mol. The van der Waals surface area contributed by atoms with E-state index in [4.69, 9.17) is 0 Å². The number of nitrogens with one attached hydrogen (secondary N) is 1. The molecule has 0 radical (unpaired) electrons. The lowest BCUT2D eigenvalue weighted by atomic mass is 9.81. The van der Waals surface area contributed by atoms with Gasteiger partial charge in [-0.25, -0.2) is 9.48 Å². The number of fused-ring (bicyclic) bond motifs is 2. The summed E-state index contributed by atoms with van der Waals surface area (Å²) >= 11 is 0. The minimum Gasteiger partial charge on any atom is -0.481 e. The molecule has 1 aliphatic carbocycles. The highest BCUT2D eigenvalue weighted by Crippen LogP contribution is 2.48. The number of carboxylic acids is 1. The van der Waals surface area contributed by atoms with Crippen LogP contribution in [0.2, 0.25) is 0 Å². The second-order valence-electron chi connectivity index (χ2n) is 8.00. The van der Waals surface area contributed by atoms with Gasteiger partial charge in [-0.05, 0) is 31.7 Å². The van der Waals surface area contributed by atoms with Gasteiger partial charge in [0.1, 0.15) is 0 Å². The Kier molecular flexibility index (Phi) is 4.56. The molecule has 1 aromatic heterocycles. The normalized spacial score (nSPS) is 24.9. The Morgan fingerprint density at radius 3 is 2.93 bits per heavy atom. The maximum atomic E-state index is 12.7. The molecule has 8 heteroatoms. The first-order valence-corrected chi connectivity index (χ1v) is 9.64. The summed E-state index contributed by atoms with van der Waals surface area (Å²) in [5, 5.41) is 18.1. The van der Waals surface area contributed by atoms with Gasteiger partial charge < -0.3 is 15.3 Å².